The van der Waals surface area contributed by atoms with Gasteiger partial charge in [0.25, 0.3) is 5.82 Å². The summed E-state index contributed by atoms with van der Waals surface area (Å²) in [6.07, 6.45) is -3.68. The van der Waals surface area contributed by atoms with Crippen molar-refractivity contribution >= 4 is 11.7 Å². The van der Waals surface area contributed by atoms with Crippen LogP contribution in [-0.2, 0) is 11.0 Å². The largest absolute Gasteiger partial charge is 0.453 e. The molecule has 130 valence electrons. The van der Waals surface area contributed by atoms with Gasteiger partial charge >= 0.3 is 6.18 Å². The molecule has 8 heteroatoms. The highest BCUT2D eigenvalue weighted by atomic mass is 19.4. The number of nitrogens with one attached hydrogen (secondary N) is 1. The summed E-state index contributed by atoms with van der Waals surface area (Å²) < 4.78 is 40.4. The Kier molecular flexibility index (Phi) is 3.45. The molecule has 4 rings (SSSR count). The van der Waals surface area contributed by atoms with Gasteiger partial charge in [0.05, 0.1) is 0 Å². The van der Waals surface area contributed by atoms with Gasteiger partial charge < -0.3 is 5.32 Å². The van der Waals surface area contributed by atoms with Crippen LogP contribution < -0.4 is 5.32 Å². The minimum atomic E-state index is -4.65. The molecule has 0 unspecified atom stereocenters. The Bertz CT molecular complexity index is 870. The first-order valence-electron chi connectivity index (χ1n) is 7.96. The average Bonchev–Trinajstić information content (AvgIpc) is 2.97. The van der Waals surface area contributed by atoms with Crippen molar-refractivity contribution in [3.8, 4) is 0 Å². The number of nitrogens with zero attached hydrogens (tertiary/aromatic N) is 3. The zero-order chi connectivity index (χ0) is 17.8. The molecule has 0 radical (unpaired) electrons. The van der Waals surface area contributed by atoms with Crippen LogP contribution in [-0.4, -0.2) is 20.5 Å². The van der Waals surface area contributed by atoms with Crippen molar-refractivity contribution in [1.82, 2.24) is 14.8 Å². The molecule has 0 spiro atoms. The fourth-order valence-electron chi connectivity index (χ4n) is 3.47. The lowest BCUT2D eigenvalue weighted by Crippen LogP contribution is -2.33. The molecule has 0 saturated heterocycles. The number of benzene rings is 1. The Labute approximate surface area is 141 Å². The van der Waals surface area contributed by atoms with E-state index in [0.29, 0.717) is 29.7 Å². The van der Waals surface area contributed by atoms with Gasteiger partial charge in [-0.3, -0.25) is 4.79 Å². The smallest absolute Gasteiger partial charge is 0.328 e. The van der Waals surface area contributed by atoms with Crippen LogP contribution >= 0.6 is 0 Å². The first-order chi connectivity index (χ1) is 11.8. The van der Waals surface area contributed by atoms with Gasteiger partial charge in [0.2, 0.25) is 5.95 Å². The summed E-state index contributed by atoms with van der Waals surface area (Å²) in [6, 6.07) is 8.25. The van der Waals surface area contributed by atoms with Gasteiger partial charge in [-0.25, -0.2) is 4.68 Å². The molecule has 0 amide bonds. The van der Waals surface area contributed by atoms with E-state index >= 15 is 0 Å². The SMILES string of the molecule is C[C@H]1CC(=O)C2=C(C1)Nc1nc(C(F)(F)F)nn1[C@@H]2c1ccccc1. The van der Waals surface area contributed by atoms with Crippen LogP contribution in [0.3, 0.4) is 0 Å². The minimum Gasteiger partial charge on any atom is -0.328 e. The highest BCUT2D eigenvalue weighted by molar-refractivity contribution is 5.99. The van der Waals surface area contributed by atoms with E-state index in [1.54, 1.807) is 24.3 Å². The van der Waals surface area contributed by atoms with Crippen LogP contribution in [0.4, 0.5) is 19.1 Å². The summed E-state index contributed by atoms with van der Waals surface area (Å²) in [7, 11) is 0. The third-order valence-electron chi connectivity index (χ3n) is 4.49. The van der Waals surface area contributed by atoms with Gasteiger partial charge in [0, 0.05) is 17.7 Å². The average molecular weight is 348 g/mol. The summed E-state index contributed by atoms with van der Waals surface area (Å²) in [6.45, 7) is 1.95. The maximum absolute atomic E-state index is 13.1. The number of rotatable bonds is 1. The van der Waals surface area contributed by atoms with Crippen LogP contribution in [0.2, 0.25) is 0 Å². The monoisotopic (exact) mass is 348 g/mol. The van der Waals surface area contributed by atoms with E-state index in [1.165, 1.54) is 4.68 Å². The van der Waals surface area contributed by atoms with Gasteiger partial charge in [-0.05, 0) is 17.9 Å². The molecule has 1 aromatic carbocycles. The summed E-state index contributed by atoms with van der Waals surface area (Å²) in [5, 5.41) is 6.56. The van der Waals surface area contributed by atoms with Crippen molar-refractivity contribution in [3.63, 3.8) is 0 Å². The maximum Gasteiger partial charge on any atom is 0.453 e. The molecule has 1 aromatic heterocycles. The maximum atomic E-state index is 13.1. The number of anilines is 1. The number of alkyl halides is 3. The highest BCUT2D eigenvalue weighted by Crippen LogP contribution is 2.42. The van der Waals surface area contributed by atoms with E-state index < -0.39 is 18.0 Å². The predicted molar refractivity (Wildman–Crippen MR) is 83.7 cm³/mol. The van der Waals surface area contributed by atoms with E-state index in [-0.39, 0.29) is 17.6 Å². The van der Waals surface area contributed by atoms with Crippen molar-refractivity contribution in [1.29, 1.82) is 0 Å². The number of allylic oxidation sites excluding steroid dienone is 2. The van der Waals surface area contributed by atoms with Gasteiger partial charge in [-0.15, -0.1) is 5.10 Å². The van der Waals surface area contributed by atoms with Crippen LogP contribution in [0.15, 0.2) is 41.6 Å². The summed E-state index contributed by atoms with van der Waals surface area (Å²) in [5.74, 6) is -1.13. The van der Waals surface area contributed by atoms with Gasteiger partial charge in [0.15, 0.2) is 5.78 Å². The number of halogens is 3. The van der Waals surface area contributed by atoms with Gasteiger partial charge in [0.1, 0.15) is 6.04 Å². The molecule has 2 heterocycles. The van der Waals surface area contributed by atoms with Crippen molar-refractivity contribution < 1.29 is 18.0 Å². The summed E-state index contributed by atoms with van der Waals surface area (Å²) in [4.78, 5) is 16.3. The molecule has 2 aliphatic rings. The zero-order valence-electron chi connectivity index (χ0n) is 13.3. The van der Waals surface area contributed by atoms with Crippen LogP contribution in [0, 0.1) is 5.92 Å². The van der Waals surface area contributed by atoms with Crippen LogP contribution in [0.1, 0.15) is 37.2 Å². The Morgan fingerprint density at radius 1 is 1.20 bits per heavy atom. The lowest BCUT2D eigenvalue weighted by molar-refractivity contribution is -0.145. The van der Waals surface area contributed by atoms with Crippen molar-refractivity contribution in [2.75, 3.05) is 5.32 Å². The van der Waals surface area contributed by atoms with Gasteiger partial charge in [-0.2, -0.15) is 18.2 Å². The van der Waals surface area contributed by atoms with E-state index in [9.17, 15) is 18.0 Å². The normalized spacial score (nSPS) is 23.1. The molecule has 2 aromatic rings. The number of hydrogen-bond acceptors (Lipinski definition) is 4. The quantitative estimate of drug-likeness (QED) is 0.856. The van der Waals surface area contributed by atoms with E-state index in [2.05, 4.69) is 15.4 Å². The lowest BCUT2D eigenvalue weighted by atomic mass is 9.81. The lowest BCUT2D eigenvalue weighted by Gasteiger charge is -2.34. The number of carbonyl (C=O) groups is 1. The predicted octanol–water partition coefficient (Wildman–Crippen LogP) is 3.56. The summed E-state index contributed by atoms with van der Waals surface area (Å²) >= 11 is 0. The third-order valence-corrected chi connectivity index (χ3v) is 4.49. The fraction of sp³-hybridized carbons (Fsp3) is 0.353. The number of Topliss-reactive ketones (excluding diaryl/α,β-unsaturated/α-hetero) is 1. The second-order valence-electron chi connectivity index (χ2n) is 6.47. The highest BCUT2D eigenvalue weighted by Gasteiger charge is 2.42. The minimum absolute atomic E-state index is 0.0156. The van der Waals surface area contributed by atoms with Crippen molar-refractivity contribution in [2.24, 2.45) is 5.92 Å². The fourth-order valence-corrected chi connectivity index (χ4v) is 3.47. The third kappa shape index (κ3) is 2.61. The number of aromatic nitrogens is 3. The van der Waals surface area contributed by atoms with E-state index in [0.717, 1.165) is 0 Å². The Morgan fingerprint density at radius 3 is 2.60 bits per heavy atom. The second-order valence-corrected chi connectivity index (χ2v) is 6.47. The molecule has 1 aliphatic heterocycles. The second kappa shape index (κ2) is 5.44. The molecule has 0 fully saturated rings. The molecule has 0 bridgehead atoms. The zero-order valence-corrected chi connectivity index (χ0v) is 13.3. The molecule has 1 aliphatic carbocycles. The molecule has 25 heavy (non-hydrogen) atoms. The molecule has 1 N–H and O–H groups in total. The first-order valence-corrected chi connectivity index (χ1v) is 7.96. The number of ketones is 1. The Hall–Kier alpha value is -2.64. The standard InChI is InChI=1S/C17H15F3N4O/c1-9-7-11-13(12(25)8-9)14(10-5-3-2-4-6-10)24-16(21-11)22-15(23-24)17(18,19)20/h2-6,9,14H,7-8H2,1H3,(H,21,22,23)/t9-,14-/m1/s1. The van der Waals surface area contributed by atoms with Crippen molar-refractivity contribution in [2.45, 2.75) is 32.0 Å². The molecular weight excluding hydrogens is 333 g/mol. The number of carbonyl (C=O) groups excluding carboxylic acids is 1. The van der Waals surface area contributed by atoms with Crippen molar-refractivity contribution in [3.05, 3.63) is 53.0 Å². The van der Waals surface area contributed by atoms with Crippen LogP contribution in [0.5, 0.6) is 0 Å². The molecule has 5 nitrogen and oxygen atoms in total. The molecule has 2 atom stereocenters. The van der Waals surface area contributed by atoms with E-state index in [4.69, 9.17) is 0 Å². The first kappa shape index (κ1) is 15.9. The van der Waals surface area contributed by atoms with E-state index in [1.807, 2.05) is 13.0 Å². The summed E-state index contributed by atoms with van der Waals surface area (Å²) in [5.41, 5.74) is 1.83. The number of hydrogen-bond donors (Lipinski definition) is 1. The van der Waals surface area contributed by atoms with Crippen LogP contribution in [0.25, 0.3) is 0 Å². The Morgan fingerprint density at radius 2 is 1.92 bits per heavy atom. The Balaban J connectivity index is 1.91. The van der Waals surface area contributed by atoms with Gasteiger partial charge in [-0.1, -0.05) is 37.3 Å². The topological polar surface area (TPSA) is 59.8 Å². The number of fused-ring (bicyclic) bond motifs is 1. The molecular formula is C17H15F3N4O. The molecule has 0 saturated carbocycles.